The number of nitriles is 1. The van der Waals surface area contributed by atoms with Crippen molar-refractivity contribution in [1.82, 2.24) is 20.1 Å². The zero-order valence-electron chi connectivity index (χ0n) is 21.8. The van der Waals surface area contributed by atoms with Crippen LogP contribution in [0.4, 0.5) is 24.8 Å². The van der Waals surface area contributed by atoms with Crippen LogP contribution < -0.4 is 15.9 Å². The summed E-state index contributed by atoms with van der Waals surface area (Å²) in [6.45, 7) is 3.28. The van der Waals surface area contributed by atoms with Crippen molar-refractivity contribution in [2.24, 2.45) is 0 Å². The second kappa shape index (κ2) is 11.1. The van der Waals surface area contributed by atoms with Crippen LogP contribution in [0.2, 0.25) is 0 Å². The number of esters is 1. The summed E-state index contributed by atoms with van der Waals surface area (Å²) in [4.78, 5) is 39.0. The summed E-state index contributed by atoms with van der Waals surface area (Å²) < 4.78 is 46.8. The predicted octanol–water partition coefficient (Wildman–Crippen LogP) is 3.72. The van der Waals surface area contributed by atoms with E-state index in [1.165, 1.54) is 35.4 Å². The maximum absolute atomic E-state index is 13.5. The number of amides is 1. The van der Waals surface area contributed by atoms with Crippen LogP contribution >= 0.6 is 0 Å². The Labute approximate surface area is 226 Å². The predicted molar refractivity (Wildman–Crippen MR) is 137 cm³/mol. The minimum atomic E-state index is -4.63. The quantitative estimate of drug-likeness (QED) is 0.336. The summed E-state index contributed by atoms with van der Waals surface area (Å²) in [7, 11) is 1.16. The highest BCUT2D eigenvalue weighted by molar-refractivity contribution is 5.93. The van der Waals surface area contributed by atoms with E-state index in [1.54, 1.807) is 18.2 Å². The number of carbonyl (C=O) groups is 2. The van der Waals surface area contributed by atoms with Gasteiger partial charge in [0.1, 0.15) is 6.04 Å². The van der Waals surface area contributed by atoms with Crippen molar-refractivity contribution >= 4 is 23.5 Å². The van der Waals surface area contributed by atoms with Crippen LogP contribution in [0.25, 0.3) is 0 Å². The number of halogens is 3. The van der Waals surface area contributed by atoms with E-state index in [1.807, 2.05) is 0 Å². The Morgan fingerprint density at radius 3 is 2.62 bits per heavy atom. The molecule has 0 saturated carbocycles. The Morgan fingerprint density at radius 2 is 1.98 bits per heavy atom. The van der Waals surface area contributed by atoms with Gasteiger partial charge in [-0.25, -0.2) is 19.3 Å². The van der Waals surface area contributed by atoms with Crippen LogP contribution in [0, 0.1) is 11.3 Å². The third-order valence-electron chi connectivity index (χ3n) is 6.54. The molecule has 0 spiro atoms. The molecule has 0 radical (unpaired) electrons. The number of alkyl halides is 3. The molecule has 13 heteroatoms. The lowest BCUT2D eigenvalue weighted by Crippen LogP contribution is -2.38. The number of nitrogens with one attached hydrogen (secondary N) is 2. The molecule has 2 aromatic carbocycles. The van der Waals surface area contributed by atoms with Crippen molar-refractivity contribution in [3.63, 3.8) is 0 Å². The number of aromatic nitrogens is 3. The first kappa shape index (κ1) is 28.2. The normalized spacial score (nSPS) is 14.9. The molecule has 0 bridgehead atoms. The minimum Gasteiger partial charge on any atom is -0.466 e. The number of methoxy groups -OCH3 is 1. The number of aryl methyl sites for hydroxylation is 1. The van der Waals surface area contributed by atoms with Gasteiger partial charge in [-0.1, -0.05) is 12.1 Å². The van der Waals surface area contributed by atoms with Crippen LogP contribution in [-0.2, 0) is 26.9 Å². The van der Waals surface area contributed by atoms with E-state index in [2.05, 4.69) is 21.6 Å². The fourth-order valence-electron chi connectivity index (χ4n) is 4.78. The van der Waals surface area contributed by atoms with Gasteiger partial charge in [-0.05, 0) is 61.2 Å². The van der Waals surface area contributed by atoms with Gasteiger partial charge in [0.05, 0.1) is 29.9 Å². The number of nitrogens with zero attached hydrogens (tertiary/aromatic N) is 4. The standard InChI is InChI=1S/C27H25F3N6O4/c1-15-22(24(38)40-3)23(21-10-9-17(14-31)12-18(21)6-5-11-32-16(2)37)36-25(33-34-26(36)39)35(15)20-8-4-7-19(13-20)27(28,29)30/h4,7-10,12-13,23H,5-6,11H2,1-3H3,(H,32,37)(H,34,39)/t23-/m1/s1. The number of rotatable bonds is 7. The first-order chi connectivity index (χ1) is 19.0. The highest BCUT2D eigenvalue weighted by Gasteiger charge is 2.41. The summed E-state index contributed by atoms with van der Waals surface area (Å²) >= 11 is 0. The molecule has 0 unspecified atom stereocenters. The summed E-state index contributed by atoms with van der Waals surface area (Å²) in [6, 6.07) is 10.2. The van der Waals surface area contributed by atoms with Gasteiger partial charge in [-0.3, -0.25) is 9.69 Å². The monoisotopic (exact) mass is 554 g/mol. The van der Waals surface area contributed by atoms with Crippen molar-refractivity contribution in [3.05, 3.63) is 86.5 Å². The Bertz CT molecular complexity index is 1600. The summed E-state index contributed by atoms with van der Waals surface area (Å²) in [5.74, 6) is -1.03. The number of aromatic amines is 1. The van der Waals surface area contributed by atoms with E-state index in [0.29, 0.717) is 36.1 Å². The highest BCUT2D eigenvalue weighted by Crippen LogP contribution is 2.43. The first-order valence-electron chi connectivity index (χ1n) is 12.2. The van der Waals surface area contributed by atoms with Gasteiger partial charge < -0.3 is 10.1 Å². The lowest BCUT2D eigenvalue weighted by atomic mass is 9.88. The molecule has 10 nitrogen and oxygen atoms in total. The van der Waals surface area contributed by atoms with Crippen molar-refractivity contribution < 1.29 is 27.5 Å². The Morgan fingerprint density at radius 1 is 1.23 bits per heavy atom. The van der Waals surface area contributed by atoms with Crippen LogP contribution in [0.15, 0.2) is 58.5 Å². The van der Waals surface area contributed by atoms with Gasteiger partial charge in [-0.2, -0.15) is 18.4 Å². The molecule has 1 aromatic heterocycles. The molecular formula is C27H25F3N6O4. The van der Waals surface area contributed by atoms with Crippen LogP contribution in [0.3, 0.4) is 0 Å². The van der Waals surface area contributed by atoms with Gasteiger partial charge in [0, 0.05) is 24.9 Å². The first-order valence-corrected chi connectivity index (χ1v) is 12.2. The Hall–Kier alpha value is -4.86. The average Bonchev–Trinajstić information content (AvgIpc) is 3.30. The molecule has 2 N–H and O–H groups in total. The molecule has 1 atom stereocenters. The number of benzene rings is 2. The summed E-state index contributed by atoms with van der Waals surface area (Å²) in [5.41, 5.74) is 0.0876. The van der Waals surface area contributed by atoms with E-state index < -0.39 is 29.4 Å². The van der Waals surface area contributed by atoms with Crippen molar-refractivity contribution in [2.75, 3.05) is 18.6 Å². The van der Waals surface area contributed by atoms with E-state index in [0.717, 1.165) is 19.2 Å². The molecular weight excluding hydrogens is 529 g/mol. The SMILES string of the molecule is COC(=O)C1=C(C)N(c2cccc(C(F)(F)F)c2)c2n[nH]c(=O)n2[C@@H]1c1ccc(C#N)cc1CCCNC(C)=O. The number of fused-ring (bicyclic) bond motifs is 1. The van der Waals surface area contributed by atoms with Gasteiger partial charge in [0.15, 0.2) is 0 Å². The maximum atomic E-state index is 13.5. The van der Waals surface area contributed by atoms with Gasteiger partial charge in [0.2, 0.25) is 11.9 Å². The minimum absolute atomic E-state index is 0.00345. The molecule has 3 aromatic rings. The Balaban J connectivity index is 1.94. The molecule has 1 aliphatic rings. The van der Waals surface area contributed by atoms with Crippen LogP contribution in [0.5, 0.6) is 0 Å². The molecule has 40 heavy (non-hydrogen) atoms. The second-order valence-corrected chi connectivity index (χ2v) is 9.09. The number of anilines is 2. The van der Waals surface area contributed by atoms with Crippen molar-refractivity contribution in [1.29, 1.82) is 5.26 Å². The largest absolute Gasteiger partial charge is 0.466 e. The van der Waals surface area contributed by atoms with Crippen LogP contribution in [0.1, 0.15) is 48.6 Å². The van der Waals surface area contributed by atoms with Crippen molar-refractivity contribution in [2.45, 2.75) is 38.9 Å². The molecule has 0 aliphatic carbocycles. The summed E-state index contributed by atoms with van der Waals surface area (Å²) in [6.07, 6.45) is -3.75. The lowest BCUT2D eigenvalue weighted by molar-refractivity contribution is -0.138. The van der Waals surface area contributed by atoms with E-state index >= 15 is 0 Å². The van der Waals surface area contributed by atoms with Crippen molar-refractivity contribution in [3.8, 4) is 6.07 Å². The fraction of sp³-hybridized carbons (Fsp3) is 0.296. The molecule has 2 heterocycles. The molecule has 1 amide bonds. The van der Waals surface area contributed by atoms with Gasteiger partial charge in [0.25, 0.3) is 0 Å². The molecule has 208 valence electrons. The zero-order chi connectivity index (χ0) is 29.2. The van der Waals surface area contributed by atoms with E-state index in [9.17, 15) is 32.8 Å². The molecule has 1 aliphatic heterocycles. The average molecular weight is 555 g/mol. The highest BCUT2D eigenvalue weighted by atomic mass is 19.4. The topological polar surface area (TPSA) is 133 Å². The smallest absolute Gasteiger partial charge is 0.416 e. The second-order valence-electron chi connectivity index (χ2n) is 9.09. The number of hydrogen-bond donors (Lipinski definition) is 2. The fourth-order valence-corrected chi connectivity index (χ4v) is 4.78. The third-order valence-corrected chi connectivity index (χ3v) is 6.54. The molecule has 0 fully saturated rings. The van der Waals surface area contributed by atoms with Gasteiger partial charge in [-0.15, -0.1) is 5.10 Å². The zero-order valence-corrected chi connectivity index (χ0v) is 21.8. The van der Waals surface area contributed by atoms with E-state index in [-0.39, 0.29) is 28.8 Å². The summed E-state index contributed by atoms with van der Waals surface area (Å²) in [5, 5.41) is 18.6. The third kappa shape index (κ3) is 5.33. The number of allylic oxidation sites excluding steroid dienone is 1. The molecule has 0 saturated heterocycles. The van der Waals surface area contributed by atoms with E-state index in [4.69, 9.17) is 4.74 Å². The number of H-pyrrole nitrogens is 1. The number of hydrogen-bond acceptors (Lipinski definition) is 7. The number of carbonyl (C=O) groups excluding carboxylic acids is 2. The number of ether oxygens (including phenoxy) is 1. The van der Waals surface area contributed by atoms with Gasteiger partial charge >= 0.3 is 17.8 Å². The Kier molecular flexibility index (Phi) is 7.81. The van der Waals surface area contributed by atoms with Crippen LogP contribution in [-0.4, -0.2) is 40.3 Å². The molecule has 4 rings (SSSR count). The maximum Gasteiger partial charge on any atom is 0.416 e. The lowest BCUT2D eigenvalue weighted by Gasteiger charge is -2.36.